The molecular weight excluding hydrogens is 344 g/mol. The Balaban J connectivity index is 2.03. The van der Waals surface area contributed by atoms with Crippen molar-refractivity contribution in [3.05, 3.63) is 46.6 Å². The van der Waals surface area contributed by atoms with Crippen LogP contribution in [0.3, 0.4) is 0 Å². The Hall–Kier alpha value is -3.14. The minimum absolute atomic E-state index is 0.0102. The van der Waals surface area contributed by atoms with E-state index in [0.717, 1.165) is 16.4 Å². The number of ether oxygens (including phenoxy) is 1. The summed E-state index contributed by atoms with van der Waals surface area (Å²) < 4.78 is 6.01. The van der Waals surface area contributed by atoms with Crippen molar-refractivity contribution in [3.63, 3.8) is 0 Å². The molecule has 4 N–H and O–H groups in total. The summed E-state index contributed by atoms with van der Waals surface area (Å²) in [4.78, 5) is 18.9. The van der Waals surface area contributed by atoms with Crippen LogP contribution in [0, 0.1) is 5.41 Å². The van der Waals surface area contributed by atoms with E-state index in [1.165, 1.54) is 17.5 Å². The van der Waals surface area contributed by atoms with Crippen LogP contribution in [0.1, 0.15) is 6.92 Å². The van der Waals surface area contributed by atoms with Gasteiger partial charge in [-0.05, 0) is 24.6 Å². The van der Waals surface area contributed by atoms with Crippen LogP contribution in [0.25, 0.3) is 20.7 Å². The molecule has 1 atom stereocenters. The first kappa shape index (κ1) is 18.2. The summed E-state index contributed by atoms with van der Waals surface area (Å²) >= 11 is 1.43. The predicted molar refractivity (Wildman–Crippen MR) is 96.1 cm³/mol. The maximum atomic E-state index is 11.9. The Kier molecular flexibility index (Phi) is 6.29. The van der Waals surface area contributed by atoms with E-state index in [1.807, 2.05) is 24.3 Å². The van der Waals surface area contributed by atoms with Gasteiger partial charge in [-0.1, -0.05) is 28.6 Å². The van der Waals surface area contributed by atoms with Gasteiger partial charge in [0.2, 0.25) is 0 Å². The number of hydrogen-bond donors (Lipinski definition) is 3. The summed E-state index contributed by atoms with van der Waals surface area (Å²) in [6.07, 6.45) is 0.768. The fourth-order valence-electron chi connectivity index (χ4n) is 1.77. The van der Waals surface area contributed by atoms with Crippen molar-refractivity contribution >= 4 is 39.0 Å². The first-order chi connectivity index (χ1) is 12.0. The van der Waals surface area contributed by atoms with Crippen LogP contribution >= 0.6 is 11.3 Å². The largest absolute Gasteiger partial charge is 0.445 e. The number of azide groups is 1. The third kappa shape index (κ3) is 4.91. The minimum Gasteiger partial charge on any atom is -0.445 e. The van der Waals surface area contributed by atoms with E-state index in [0.29, 0.717) is 10.1 Å². The molecule has 130 valence electrons. The normalized spacial score (nSPS) is 12.2. The van der Waals surface area contributed by atoms with Gasteiger partial charge in [-0.2, -0.15) is 0 Å². The monoisotopic (exact) mass is 360 g/mol. The molecule has 1 amide bonds. The maximum absolute atomic E-state index is 11.9. The number of nitrogens with two attached hydrogens (primary N) is 1. The van der Waals surface area contributed by atoms with Gasteiger partial charge in [0.25, 0.3) is 0 Å². The van der Waals surface area contributed by atoms with Gasteiger partial charge in [-0.25, -0.2) is 20.6 Å². The second-order valence-electron chi connectivity index (χ2n) is 4.82. The Morgan fingerprint density at radius 3 is 3.08 bits per heavy atom. The summed E-state index contributed by atoms with van der Waals surface area (Å²) in [7, 11) is 0. The number of benzene rings is 1. The highest BCUT2D eigenvalue weighted by atomic mass is 32.1. The molecule has 11 heteroatoms. The molecule has 0 saturated carbocycles. The van der Waals surface area contributed by atoms with Crippen molar-refractivity contribution in [2.45, 2.75) is 13.0 Å². The van der Waals surface area contributed by atoms with E-state index in [-0.39, 0.29) is 12.2 Å². The maximum Gasteiger partial charge on any atom is 0.429 e. The van der Waals surface area contributed by atoms with E-state index in [4.69, 9.17) is 21.5 Å². The van der Waals surface area contributed by atoms with Crippen LogP contribution in [0.5, 0.6) is 0 Å². The fourth-order valence-corrected chi connectivity index (χ4v) is 2.61. The highest BCUT2D eigenvalue weighted by molar-refractivity contribution is 7.22. The third-order valence-corrected chi connectivity index (χ3v) is 3.93. The number of nitrogens with one attached hydrogen (secondary N) is 2. The molecule has 0 fully saturated rings. The predicted octanol–water partition coefficient (Wildman–Crippen LogP) is 3.21. The SMILES string of the molecule is CC(CN=[N+]=[N-])OC(=O)N(N)/C(C=N)=C/Nc1nc2ccccc2s1. The molecule has 25 heavy (non-hydrogen) atoms. The zero-order valence-electron chi connectivity index (χ0n) is 13.3. The number of hydrazine groups is 1. The van der Waals surface area contributed by atoms with Gasteiger partial charge in [0, 0.05) is 17.3 Å². The summed E-state index contributed by atoms with van der Waals surface area (Å²) in [6.45, 7) is 1.55. The molecule has 1 aromatic heterocycles. The van der Waals surface area contributed by atoms with Crippen LogP contribution in [0.2, 0.25) is 0 Å². The summed E-state index contributed by atoms with van der Waals surface area (Å²) in [5.74, 6) is 5.67. The van der Waals surface area contributed by atoms with Crippen LogP contribution in [-0.4, -0.2) is 34.9 Å². The van der Waals surface area contributed by atoms with Crippen LogP contribution in [0.15, 0.2) is 41.3 Å². The van der Waals surface area contributed by atoms with Gasteiger partial charge < -0.3 is 15.5 Å². The molecule has 2 rings (SSSR count). The topological polar surface area (TPSA) is 153 Å². The Morgan fingerprint density at radius 1 is 1.64 bits per heavy atom. The molecule has 10 nitrogen and oxygen atoms in total. The van der Waals surface area contributed by atoms with Gasteiger partial charge in [0.15, 0.2) is 5.13 Å². The lowest BCUT2D eigenvalue weighted by Gasteiger charge is -2.19. The fraction of sp³-hybridized carbons (Fsp3) is 0.214. The molecule has 1 aromatic carbocycles. The summed E-state index contributed by atoms with van der Waals surface area (Å²) in [5, 5.41) is 14.9. The van der Waals surface area contributed by atoms with Crippen LogP contribution < -0.4 is 11.2 Å². The number of carbonyl (C=O) groups is 1. The molecule has 0 aliphatic rings. The van der Waals surface area contributed by atoms with Crippen molar-refractivity contribution in [1.82, 2.24) is 9.99 Å². The first-order valence-corrected chi connectivity index (χ1v) is 7.96. The van der Waals surface area contributed by atoms with E-state index >= 15 is 0 Å². The molecule has 0 radical (unpaired) electrons. The van der Waals surface area contributed by atoms with Gasteiger partial charge in [-0.15, -0.1) is 0 Å². The highest BCUT2D eigenvalue weighted by Gasteiger charge is 2.17. The van der Waals surface area contributed by atoms with Crippen molar-refractivity contribution in [2.24, 2.45) is 11.0 Å². The number of allylic oxidation sites excluding steroid dienone is 1. The summed E-state index contributed by atoms with van der Waals surface area (Å²) in [5.41, 5.74) is 9.16. The van der Waals surface area contributed by atoms with Gasteiger partial charge >= 0.3 is 6.09 Å². The Labute approximate surface area is 147 Å². The van der Waals surface area contributed by atoms with Crippen molar-refractivity contribution in [1.29, 1.82) is 5.41 Å². The van der Waals surface area contributed by atoms with E-state index in [2.05, 4.69) is 20.3 Å². The number of amides is 1. The summed E-state index contributed by atoms with van der Waals surface area (Å²) in [6, 6.07) is 7.63. The zero-order valence-corrected chi connectivity index (χ0v) is 14.1. The molecule has 0 aliphatic heterocycles. The number of hydrogen-bond acceptors (Lipinski definition) is 8. The lowest BCUT2D eigenvalue weighted by molar-refractivity contribution is 0.0837. The van der Waals surface area contributed by atoms with E-state index in [9.17, 15) is 4.79 Å². The molecule has 0 saturated heterocycles. The smallest absolute Gasteiger partial charge is 0.429 e. The number of fused-ring (bicyclic) bond motifs is 1. The molecule has 0 bridgehead atoms. The molecule has 1 unspecified atom stereocenters. The third-order valence-electron chi connectivity index (χ3n) is 2.96. The van der Waals surface area contributed by atoms with Gasteiger partial charge in [0.05, 0.1) is 22.5 Å². The number of carbonyl (C=O) groups excluding carboxylic acids is 1. The average molecular weight is 360 g/mol. The van der Waals surface area contributed by atoms with Gasteiger partial charge in [-0.3, -0.25) is 0 Å². The average Bonchev–Trinajstić information content (AvgIpc) is 3.03. The van der Waals surface area contributed by atoms with Crippen LogP contribution in [-0.2, 0) is 4.74 Å². The van der Waals surface area contributed by atoms with Crippen molar-refractivity contribution < 1.29 is 9.53 Å². The molecule has 1 heterocycles. The lowest BCUT2D eigenvalue weighted by atomic mass is 10.3. The Morgan fingerprint density at radius 2 is 2.40 bits per heavy atom. The molecule has 0 spiro atoms. The number of nitrogens with zero attached hydrogens (tertiary/aromatic N) is 5. The number of rotatable bonds is 7. The highest BCUT2D eigenvalue weighted by Crippen LogP contribution is 2.25. The van der Waals surface area contributed by atoms with Crippen LogP contribution in [0.4, 0.5) is 9.93 Å². The number of thiazole rings is 1. The number of anilines is 1. The lowest BCUT2D eigenvalue weighted by Crippen LogP contribution is -2.39. The minimum atomic E-state index is -0.874. The first-order valence-electron chi connectivity index (χ1n) is 7.14. The number of aromatic nitrogens is 1. The Bertz CT molecular complexity index is 809. The standard InChI is InChI=1S/C14H16N8O2S/c1-9(7-19-21-16)24-14(23)22(17)10(6-15)8-18-13-20-11-4-2-3-5-12(11)25-13/h2-6,8-9,15H,7,17H2,1H3,(H,18,20)/b10-8+,15-6?. The van der Waals surface area contributed by atoms with E-state index < -0.39 is 12.2 Å². The second-order valence-corrected chi connectivity index (χ2v) is 5.85. The molecule has 2 aromatic rings. The van der Waals surface area contributed by atoms with Crippen molar-refractivity contribution in [2.75, 3.05) is 11.9 Å². The van der Waals surface area contributed by atoms with E-state index in [1.54, 1.807) is 6.92 Å². The molecular formula is C14H16N8O2S. The number of para-hydroxylation sites is 1. The van der Waals surface area contributed by atoms with Gasteiger partial charge in [0.1, 0.15) is 6.10 Å². The van der Waals surface area contributed by atoms with Crippen molar-refractivity contribution in [3.8, 4) is 0 Å². The second kappa shape index (κ2) is 8.64. The quantitative estimate of drug-likeness (QED) is 0.132. The molecule has 0 aliphatic carbocycles. The zero-order chi connectivity index (χ0) is 18.2.